The summed E-state index contributed by atoms with van der Waals surface area (Å²) in [6.07, 6.45) is 0.856. The minimum Gasteiger partial charge on any atom is -0.396 e. The van der Waals surface area contributed by atoms with Crippen LogP contribution in [0.25, 0.3) is 0 Å². The molecule has 1 atom stereocenters. The summed E-state index contributed by atoms with van der Waals surface area (Å²) in [5, 5.41) is 9.58. The van der Waals surface area contributed by atoms with Gasteiger partial charge in [0.05, 0.1) is 13.2 Å². The van der Waals surface area contributed by atoms with Crippen molar-refractivity contribution in [1.29, 1.82) is 0 Å². The molecule has 100 valence electrons. The quantitative estimate of drug-likeness (QED) is 0.871. The maximum Gasteiger partial charge on any atom is 0.125 e. The van der Waals surface area contributed by atoms with Crippen LogP contribution in [0, 0.1) is 11.2 Å². The lowest BCUT2D eigenvalue weighted by Gasteiger charge is -2.33. The van der Waals surface area contributed by atoms with E-state index in [1.807, 2.05) is 13.0 Å². The van der Waals surface area contributed by atoms with E-state index in [2.05, 4.69) is 4.90 Å². The van der Waals surface area contributed by atoms with Crippen molar-refractivity contribution >= 4 is 5.69 Å². The highest BCUT2D eigenvalue weighted by atomic mass is 19.1. The van der Waals surface area contributed by atoms with Crippen molar-refractivity contribution in [1.82, 2.24) is 0 Å². The Labute approximate surface area is 107 Å². The van der Waals surface area contributed by atoms with Crippen LogP contribution in [0.4, 0.5) is 10.1 Å². The fourth-order valence-electron chi connectivity index (χ4n) is 2.41. The van der Waals surface area contributed by atoms with Crippen LogP contribution in [0.15, 0.2) is 24.3 Å². The van der Waals surface area contributed by atoms with Gasteiger partial charge < -0.3 is 14.7 Å². The SMILES string of the molecule is CCN(CC1(CO)CCOC1)c1cccc(F)c1. The maximum atomic E-state index is 13.3. The topological polar surface area (TPSA) is 32.7 Å². The molecule has 1 unspecified atom stereocenters. The Hall–Kier alpha value is -1.13. The first-order chi connectivity index (χ1) is 8.69. The highest BCUT2D eigenvalue weighted by Crippen LogP contribution is 2.31. The molecule has 0 aromatic heterocycles. The summed E-state index contributed by atoms with van der Waals surface area (Å²) in [6.45, 7) is 4.90. The molecule has 2 rings (SSSR count). The lowest BCUT2D eigenvalue weighted by Crippen LogP contribution is -2.41. The number of halogens is 1. The van der Waals surface area contributed by atoms with Gasteiger partial charge in [0.15, 0.2) is 0 Å². The van der Waals surface area contributed by atoms with Gasteiger partial charge in [0.2, 0.25) is 0 Å². The summed E-state index contributed by atoms with van der Waals surface area (Å²) in [6, 6.07) is 6.58. The zero-order chi connectivity index (χ0) is 13.0. The van der Waals surface area contributed by atoms with E-state index in [9.17, 15) is 9.50 Å². The third-order valence-corrected chi connectivity index (χ3v) is 3.60. The van der Waals surface area contributed by atoms with Crippen LogP contribution in [-0.4, -0.2) is 38.0 Å². The molecule has 0 amide bonds. The summed E-state index contributed by atoms with van der Waals surface area (Å²) in [4.78, 5) is 2.09. The van der Waals surface area contributed by atoms with Crippen LogP contribution in [-0.2, 0) is 4.74 Å². The van der Waals surface area contributed by atoms with Crippen molar-refractivity contribution in [2.45, 2.75) is 13.3 Å². The number of nitrogens with zero attached hydrogens (tertiary/aromatic N) is 1. The zero-order valence-corrected chi connectivity index (χ0v) is 10.7. The standard InChI is InChI=1S/C14H20FNO2/c1-2-16(13-5-3-4-12(15)8-13)9-14(10-17)6-7-18-11-14/h3-5,8,17H,2,6-7,9-11H2,1H3. The Kier molecular flexibility index (Phi) is 4.19. The van der Waals surface area contributed by atoms with Gasteiger partial charge in [-0.15, -0.1) is 0 Å². The molecule has 1 heterocycles. The predicted octanol–water partition coefficient (Wildman–Crippen LogP) is 2.05. The van der Waals surface area contributed by atoms with E-state index in [0.29, 0.717) is 19.8 Å². The average molecular weight is 253 g/mol. The second-order valence-electron chi connectivity index (χ2n) is 4.95. The lowest BCUT2D eigenvalue weighted by molar-refractivity contribution is 0.0979. The van der Waals surface area contributed by atoms with Gasteiger partial charge in [-0.25, -0.2) is 4.39 Å². The van der Waals surface area contributed by atoms with Gasteiger partial charge in [-0.05, 0) is 31.5 Å². The molecule has 1 fully saturated rings. The fourth-order valence-corrected chi connectivity index (χ4v) is 2.41. The second-order valence-corrected chi connectivity index (χ2v) is 4.95. The number of hydrogen-bond donors (Lipinski definition) is 1. The van der Waals surface area contributed by atoms with E-state index >= 15 is 0 Å². The normalized spacial score (nSPS) is 23.3. The Bertz CT molecular complexity index is 391. The molecule has 0 aliphatic carbocycles. The highest BCUT2D eigenvalue weighted by molar-refractivity contribution is 5.46. The van der Waals surface area contributed by atoms with E-state index < -0.39 is 0 Å². The van der Waals surface area contributed by atoms with Crippen molar-refractivity contribution in [3.63, 3.8) is 0 Å². The molecular weight excluding hydrogens is 233 g/mol. The molecule has 1 saturated heterocycles. The van der Waals surface area contributed by atoms with Crippen molar-refractivity contribution < 1.29 is 14.2 Å². The minimum atomic E-state index is -0.230. The van der Waals surface area contributed by atoms with Crippen LogP contribution in [0.2, 0.25) is 0 Å². The van der Waals surface area contributed by atoms with Gasteiger partial charge in [-0.1, -0.05) is 6.07 Å². The summed E-state index contributed by atoms with van der Waals surface area (Å²) >= 11 is 0. The second kappa shape index (κ2) is 5.67. The highest BCUT2D eigenvalue weighted by Gasteiger charge is 2.36. The van der Waals surface area contributed by atoms with Crippen LogP contribution < -0.4 is 4.90 Å². The Balaban J connectivity index is 2.14. The van der Waals surface area contributed by atoms with Crippen molar-refractivity contribution in [2.75, 3.05) is 37.8 Å². The van der Waals surface area contributed by atoms with Crippen LogP contribution in [0.1, 0.15) is 13.3 Å². The molecule has 1 aromatic rings. The summed E-state index contributed by atoms with van der Waals surface area (Å²) < 4.78 is 18.6. The Morgan fingerprint density at radius 2 is 2.33 bits per heavy atom. The predicted molar refractivity (Wildman–Crippen MR) is 69.2 cm³/mol. The molecule has 1 N–H and O–H groups in total. The monoisotopic (exact) mass is 253 g/mol. The number of anilines is 1. The average Bonchev–Trinajstić information content (AvgIpc) is 2.85. The number of benzene rings is 1. The first kappa shape index (κ1) is 13.3. The molecule has 3 nitrogen and oxygen atoms in total. The molecule has 18 heavy (non-hydrogen) atoms. The molecular formula is C14H20FNO2. The van der Waals surface area contributed by atoms with E-state index in [1.54, 1.807) is 6.07 Å². The van der Waals surface area contributed by atoms with E-state index in [-0.39, 0.29) is 17.8 Å². The van der Waals surface area contributed by atoms with Crippen molar-refractivity contribution in [2.24, 2.45) is 5.41 Å². The molecule has 1 aromatic carbocycles. The van der Waals surface area contributed by atoms with Gasteiger partial charge in [0.25, 0.3) is 0 Å². The molecule has 1 aliphatic rings. The number of ether oxygens (including phenoxy) is 1. The van der Waals surface area contributed by atoms with Crippen LogP contribution in [0.5, 0.6) is 0 Å². The Morgan fingerprint density at radius 1 is 1.50 bits per heavy atom. The van der Waals surface area contributed by atoms with Gasteiger partial charge in [0.1, 0.15) is 5.82 Å². The smallest absolute Gasteiger partial charge is 0.125 e. The largest absolute Gasteiger partial charge is 0.396 e. The summed E-state index contributed by atoms with van der Waals surface area (Å²) in [7, 11) is 0. The van der Waals surface area contributed by atoms with Crippen LogP contribution >= 0.6 is 0 Å². The third-order valence-electron chi connectivity index (χ3n) is 3.60. The lowest BCUT2D eigenvalue weighted by atomic mass is 9.87. The van der Waals surface area contributed by atoms with Gasteiger partial charge in [0, 0.05) is 30.8 Å². The van der Waals surface area contributed by atoms with Crippen molar-refractivity contribution in [3.8, 4) is 0 Å². The maximum absolute atomic E-state index is 13.3. The zero-order valence-electron chi connectivity index (χ0n) is 10.7. The molecule has 0 saturated carbocycles. The van der Waals surface area contributed by atoms with Crippen LogP contribution in [0.3, 0.4) is 0 Å². The van der Waals surface area contributed by atoms with E-state index in [4.69, 9.17) is 4.74 Å². The molecule has 0 spiro atoms. The number of hydrogen-bond acceptors (Lipinski definition) is 3. The first-order valence-electron chi connectivity index (χ1n) is 6.38. The minimum absolute atomic E-state index is 0.110. The third kappa shape index (κ3) is 2.82. The van der Waals surface area contributed by atoms with Crippen molar-refractivity contribution in [3.05, 3.63) is 30.1 Å². The molecule has 4 heteroatoms. The molecule has 0 bridgehead atoms. The number of rotatable bonds is 5. The Morgan fingerprint density at radius 3 is 2.89 bits per heavy atom. The summed E-state index contributed by atoms with van der Waals surface area (Å²) in [5.41, 5.74) is 0.653. The number of aliphatic hydroxyl groups is 1. The molecule has 1 aliphatic heterocycles. The fraction of sp³-hybridized carbons (Fsp3) is 0.571. The molecule has 0 radical (unpaired) electrons. The van der Waals surface area contributed by atoms with E-state index in [1.165, 1.54) is 12.1 Å². The van der Waals surface area contributed by atoms with Gasteiger partial charge in [-0.3, -0.25) is 0 Å². The summed E-state index contributed by atoms with van der Waals surface area (Å²) in [5.74, 6) is -0.230. The van der Waals surface area contributed by atoms with Gasteiger partial charge in [-0.2, -0.15) is 0 Å². The first-order valence-corrected chi connectivity index (χ1v) is 6.38. The number of aliphatic hydroxyl groups excluding tert-OH is 1. The van der Waals surface area contributed by atoms with E-state index in [0.717, 1.165) is 18.7 Å². The van der Waals surface area contributed by atoms with Gasteiger partial charge >= 0.3 is 0 Å².